The van der Waals surface area contributed by atoms with E-state index in [9.17, 15) is 4.39 Å². The summed E-state index contributed by atoms with van der Waals surface area (Å²) in [5, 5.41) is 0.104. The van der Waals surface area contributed by atoms with Gasteiger partial charge in [0.1, 0.15) is 18.2 Å². The Kier molecular flexibility index (Phi) is 5.40. The van der Waals surface area contributed by atoms with E-state index in [1.54, 1.807) is 12.1 Å². The van der Waals surface area contributed by atoms with Crippen LogP contribution in [0.25, 0.3) is 0 Å². The molecule has 0 spiro atoms. The monoisotopic (exact) mass is 357 g/mol. The fourth-order valence-electron chi connectivity index (χ4n) is 1.81. The predicted molar refractivity (Wildman–Crippen MR) is 82.6 cm³/mol. The highest BCUT2D eigenvalue weighted by Gasteiger charge is 2.07. The maximum absolute atomic E-state index is 13.3. The Labute approximate surface area is 130 Å². The Balaban J connectivity index is 2.11. The van der Waals surface area contributed by atoms with Crippen LogP contribution in [0.5, 0.6) is 5.75 Å². The minimum Gasteiger partial charge on any atom is -0.489 e. The van der Waals surface area contributed by atoms with Gasteiger partial charge >= 0.3 is 0 Å². The largest absolute Gasteiger partial charge is 0.489 e. The summed E-state index contributed by atoms with van der Waals surface area (Å²) >= 11 is 9.35. The molecule has 0 aromatic heterocycles. The van der Waals surface area contributed by atoms with Crippen molar-refractivity contribution in [2.45, 2.75) is 13.0 Å². The Bertz CT molecular complexity index is 606. The van der Waals surface area contributed by atoms with Gasteiger partial charge in [0, 0.05) is 10.0 Å². The second-order valence-electron chi connectivity index (χ2n) is 4.29. The first-order valence-corrected chi connectivity index (χ1v) is 7.33. The maximum Gasteiger partial charge on any atom is 0.142 e. The Morgan fingerprint density at radius 2 is 2.00 bits per heavy atom. The molecular formula is C15H14BrClFNO. The van der Waals surface area contributed by atoms with Crippen LogP contribution in [0.3, 0.4) is 0 Å². The molecule has 0 heterocycles. The molecule has 2 rings (SSSR count). The van der Waals surface area contributed by atoms with Crippen molar-refractivity contribution in [3.63, 3.8) is 0 Å². The topological polar surface area (TPSA) is 35.2 Å². The third kappa shape index (κ3) is 3.72. The van der Waals surface area contributed by atoms with Crippen molar-refractivity contribution in [2.24, 2.45) is 5.73 Å². The van der Waals surface area contributed by atoms with E-state index < -0.39 is 5.82 Å². The molecule has 106 valence electrons. The van der Waals surface area contributed by atoms with Crippen LogP contribution >= 0.6 is 27.5 Å². The predicted octanol–water partition coefficient (Wildman–Crippen LogP) is 4.32. The van der Waals surface area contributed by atoms with Crippen molar-refractivity contribution in [3.8, 4) is 5.75 Å². The van der Waals surface area contributed by atoms with Crippen molar-refractivity contribution in [1.29, 1.82) is 0 Å². The maximum atomic E-state index is 13.3. The highest BCUT2D eigenvalue weighted by atomic mass is 79.9. The van der Waals surface area contributed by atoms with Gasteiger partial charge in [-0.15, -0.1) is 0 Å². The van der Waals surface area contributed by atoms with Gasteiger partial charge in [-0.25, -0.2) is 4.39 Å². The number of halogens is 3. The second kappa shape index (κ2) is 7.07. The standard InChI is InChI=1S/C15H14BrClFNO/c16-13-5-4-12(8-10(13)6-7-19)20-9-11-2-1-3-14(18)15(11)17/h1-5,8H,6-7,9,19H2. The lowest BCUT2D eigenvalue weighted by atomic mass is 10.1. The van der Waals surface area contributed by atoms with Gasteiger partial charge in [-0.1, -0.05) is 39.7 Å². The Hall–Kier alpha value is -1.10. The fraction of sp³-hybridized carbons (Fsp3) is 0.200. The van der Waals surface area contributed by atoms with Gasteiger partial charge in [0.15, 0.2) is 0 Å². The number of ether oxygens (including phenoxy) is 1. The molecular weight excluding hydrogens is 345 g/mol. The zero-order valence-corrected chi connectivity index (χ0v) is 13.0. The molecule has 2 N–H and O–H groups in total. The van der Waals surface area contributed by atoms with E-state index in [0.29, 0.717) is 17.9 Å². The summed E-state index contributed by atoms with van der Waals surface area (Å²) in [5.74, 6) is 0.268. The lowest BCUT2D eigenvalue weighted by Gasteiger charge is -2.10. The smallest absolute Gasteiger partial charge is 0.142 e. The lowest BCUT2D eigenvalue weighted by molar-refractivity contribution is 0.305. The summed E-state index contributed by atoms with van der Waals surface area (Å²) in [6.07, 6.45) is 0.762. The van der Waals surface area contributed by atoms with Crippen LogP contribution in [-0.2, 0) is 13.0 Å². The summed E-state index contributed by atoms with van der Waals surface area (Å²) in [6, 6.07) is 10.4. The Morgan fingerprint density at radius 1 is 1.20 bits per heavy atom. The van der Waals surface area contributed by atoms with Gasteiger partial charge < -0.3 is 10.5 Å². The van der Waals surface area contributed by atoms with Crippen molar-refractivity contribution in [1.82, 2.24) is 0 Å². The summed E-state index contributed by atoms with van der Waals surface area (Å²) in [4.78, 5) is 0. The highest BCUT2D eigenvalue weighted by Crippen LogP contribution is 2.25. The highest BCUT2D eigenvalue weighted by molar-refractivity contribution is 9.10. The number of rotatable bonds is 5. The van der Waals surface area contributed by atoms with Gasteiger partial charge in [-0.3, -0.25) is 0 Å². The third-order valence-corrected chi connectivity index (χ3v) is 4.05. The minimum atomic E-state index is -0.438. The van der Waals surface area contributed by atoms with E-state index in [-0.39, 0.29) is 11.6 Å². The van der Waals surface area contributed by atoms with Gasteiger partial charge in [-0.2, -0.15) is 0 Å². The first-order valence-electron chi connectivity index (χ1n) is 6.16. The molecule has 0 bridgehead atoms. The molecule has 0 unspecified atom stereocenters. The van der Waals surface area contributed by atoms with E-state index in [2.05, 4.69) is 15.9 Å². The van der Waals surface area contributed by atoms with E-state index in [1.807, 2.05) is 18.2 Å². The molecule has 2 aromatic carbocycles. The van der Waals surface area contributed by atoms with E-state index in [1.165, 1.54) is 6.07 Å². The minimum absolute atomic E-state index is 0.104. The third-order valence-electron chi connectivity index (χ3n) is 2.86. The number of hydrogen-bond donors (Lipinski definition) is 1. The second-order valence-corrected chi connectivity index (χ2v) is 5.53. The zero-order chi connectivity index (χ0) is 14.5. The van der Waals surface area contributed by atoms with Crippen molar-refractivity contribution in [3.05, 3.63) is 62.8 Å². The van der Waals surface area contributed by atoms with Crippen molar-refractivity contribution < 1.29 is 9.13 Å². The molecule has 0 amide bonds. The van der Waals surface area contributed by atoms with Crippen LogP contribution < -0.4 is 10.5 Å². The number of hydrogen-bond acceptors (Lipinski definition) is 2. The van der Waals surface area contributed by atoms with Crippen molar-refractivity contribution >= 4 is 27.5 Å². The van der Waals surface area contributed by atoms with Crippen LogP contribution in [0, 0.1) is 5.82 Å². The lowest BCUT2D eigenvalue weighted by Crippen LogP contribution is -2.04. The summed E-state index contributed by atoms with van der Waals surface area (Å²) in [7, 11) is 0. The van der Waals surface area contributed by atoms with Crippen LogP contribution in [0.2, 0.25) is 5.02 Å². The average Bonchev–Trinajstić information content (AvgIpc) is 2.44. The van der Waals surface area contributed by atoms with E-state index in [4.69, 9.17) is 22.1 Å². The average molecular weight is 359 g/mol. The molecule has 0 aliphatic heterocycles. The zero-order valence-electron chi connectivity index (χ0n) is 10.7. The SMILES string of the molecule is NCCc1cc(OCc2cccc(F)c2Cl)ccc1Br. The van der Waals surface area contributed by atoms with Crippen LogP contribution in [0.1, 0.15) is 11.1 Å². The summed E-state index contributed by atoms with van der Waals surface area (Å²) < 4.78 is 20.0. The van der Waals surface area contributed by atoms with E-state index >= 15 is 0 Å². The van der Waals surface area contributed by atoms with Gasteiger partial charge in [0.2, 0.25) is 0 Å². The first-order chi connectivity index (χ1) is 9.61. The van der Waals surface area contributed by atoms with Gasteiger partial charge in [0.05, 0.1) is 5.02 Å². The quantitative estimate of drug-likeness (QED) is 0.864. The molecule has 5 heteroatoms. The molecule has 2 aromatic rings. The molecule has 0 saturated carbocycles. The van der Waals surface area contributed by atoms with Crippen LogP contribution in [0.15, 0.2) is 40.9 Å². The molecule has 0 aliphatic carbocycles. The Morgan fingerprint density at radius 3 is 2.75 bits per heavy atom. The molecule has 2 nitrogen and oxygen atoms in total. The molecule has 0 fully saturated rings. The summed E-state index contributed by atoms with van der Waals surface area (Å²) in [6.45, 7) is 0.790. The van der Waals surface area contributed by atoms with Crippen molar-refractivity contribution in [2.75, 3.05) is 6.54 Å². The molecule has 0 aliphatic rings. The summed E-state index contributed by atoms with van der Waals surface area (Å²) in [5.41, 5.74) is 7.26. The van der Waals surface area contributed by atoms with Crippen LogP contribution in [-0.4, -0.2) is 6.54 Å². The first kappa shape index (κ1) is 15.3. The normalized spacial score (nSPS) is 10.6. The molecule has 20 heavy (non-hydrogen) atoms. The van der Waals surface area contributed by atoms with Gasteiger partial charge in [0.25, 0.3) is 0 Å². The molecule has 0 radical (unpaired) electrons. The number of nitrogens with two attached hydrogens (primary N) is 1. The fourth-order valence-corrected chi connectivity index (χ4v) is 2.43. The van der Waals surface area contributed by atoms with Crippen LogP contribution in [0.4, 0.5) is 4.39 Å². The molecule has 0 saturated heterocycles. The van der Waals surface area contributed by atoms with Gasteiger partial charge in [-0.05, 0) is 42.8 Å². The number of benzene rings is 2. The molecule has 0 atom stereocenters. The van der Waals surface area contributed by atoms with E-state index in [0.717, 1.165) is 16.5 Å².